The minimum absolute atomic E-state index is 0.695. The normalized spacial score (nSPS) is 16.9. The Labute approximate surface area is 297 Å². The van der Waals surface area contributed by atoms with Gasteiger partial charge in [0.25, 0.3) is 0 Å². The van der Waals surface area contributed by atoms with E-state index < -0.39 is 11.7 Å². The highest BCUT2D eigenvalue weighted by molar-refractivity contribution is 5.68. The molecule has 0 saturated heterocycles. The van der Waals surface area contributed by atoms with Gasteiger partial charge >= 0.3 is 0 Å². The summed E-state index contributed by atoms with van der Waals surface area (Å²) in [5.74, 6) is 1.39. The van der Waals surface area contributed by atoms with E-state index in [0.717, 1.165) is 60.8 Å². The predicted molar refractivity (Wildman–Crippen MR) is 207 cm³/mol. The highest BCUT2D eigenvalue weighted by atomic mass is 16.3. The zero-order valence-corrected chi connectivity index (χ0v) is 30.5. The van der Waals surface area contributed by atoms with Gasteiger partial charge in [-0.3, -0.25) is 0 Å². The Bertz CT molecular complexity index is 1500. The lowest BCUT2D eigenvalue weighted by Gasteiger charge is -2.36. The third-order valence-electron chi connectivity index (χ3n) is 11.9. The summed E-state index contributed by atoms with van der Waals surface area (Å²) in [4.78, 5) is 0. The van der Waals surface area contributed by atoms with E-state index in [1.54, 1.807) is 6.92 Å². The van der Waals surface area contributed by atoms with Crippen molar-refractivity contribution < 1.29 is 10.2 Å². The zero-order chi connectivity index (χ0) is 34.2. The van der Waals surface area contributed by atoms with E-state index in [4.69, 9.17) is 0 Å². The zero-order valence-electron chi connectivity index (χ0n) is 30.5. The van der Waals surface area contributed by atoms with Crippen molar-refractivity contribution in [3.8, 4) is 22.3 Å². The highest BCUT2D eigenvalue weighted by Crippen LogP contribution is 2.42. The number of hydrogen-bond donors (Lipinski definition) is 2. The first-order valence-electron chi connectivity index (χ1n) is 19.8. The number of rotatable bonds is 13. The van der Waals surface area contributed by atoms with Crippen LogP contribution < -0.4 is 0 Å². The smallest absolute Gasteiger partial charge is 0.141 e. The van der Waals surface area contributed by atoms with Crippen molar-refractivity contribution in [1.29, 1.82) is 0 Å². The Balaban J connectivity index is 1.35. The van der Waals surface area contributed by atoms with E-state index >= 15 is 0 Å². The molecule has 2 saturated carbocycles. The molecule has 0 aliphatic heterocycles. The second-order valence-electron chi connectivity index (χ2n) is 15.3. The van der Waals surface area contributed by atoms with Crippen LogP contribution in [-0.2, 0) is 18.4 Å². The Kier molecular flexibility index (Phi) is 12.1. The van der Waals surface area contributed by atoms with Crippen molar-refractivity contribution in [2.45, 2.75) is 147 Å². The van der Waals surface area contributed by atoms with E-state index in [1.165, 1.54) is 97.6 Å². The highest BCUT2D eigenvalue weighted by Gasteiger charge is 2.40. The predicted octanol–water partition coefficient (Wildman–Crippen LogP) is 12.4. The monoisotopic (exact) mass is 656 g/mol. The van der Waals surface area contributed by atoms with E-state index in [9.17, 15) is 10.2 Å². The number of aryl methyl sites for hydroxylation is 2. The number of hydrogen-bond acceptors (Lipinski definition) is 2. The maximum atomic E-state index is 12.8. The summed E-state index contributed by atoms with van der Waals surface area (Å²) in [6.45, 7) is 6.19. The third kappa shape index (κ3) is 8.08. The van der Waals surface area contributed by atoms with Crippen molar-refractivity contribution in [3.05, 3.63) is 118 Å². The average molecular weight is 657 g/mol. The maximum Gasteiger partial charge on any atom is 0.141 e. The van der Waals surface area contributed by atoms with Gasteiger partial charge in [-0.05, 0) is 126 Å². The van der Waals surface area contributed by atoms with Crippen LogP contribution in [0.1, 0.15) is 156 Å². The van der Waals surface area contributed by atoms with E-state index in [0.29, 0.717) is 11.8 Å². The molecule has 0 amide bonds. The van der Waals surface area contributed by atoms with Crippen molar-refractivity contribution in [1.82, 2.24) is 0 Å². The fraction of sp³-hybridized carbons (Fsp3) is 0.489. The summed E-state index contributed by atoms with van der Waals surface area (Å²) in [6.07, 6.45) is 18.3. The molecule has 2 fully saturated rings. The molecule has 4 aromatic carbocycles. The molecule has 6 rings (SSSR count). The second-order valence-corrected chi connectivity index (χ2v) is 15.3. The topological polar surface area (TPSA) is 40.5 Å². The van der Waals surface area contributed by atoms with Crippen LogP contribution in [0, 0.1) is 0 Å². The van der Waals surface area contributed by atoms with Gasteiger partial charge < -0.3 is 10.2 Å². The molecule has 0 unspecified atom stereocenters. The molecule has 49 heavy (non-hydrogen) atoms. The van der Waals surface area contributed by atoms with Crippen LogP contribution in [0.4, 0.5) is 0 Å². The van der Waals surface area contributed by atoms with Gasteiger partial charge in [-0.2, -0.15) is 0 Å². The molecule has 2 aliphatic rings. The summed E-state index contributed by atoms with van der Waals surface area (Å²) >= 11 is 0. The van der Waals surface area contributed by atoms with Crippen LogP contribution in [-0.4, -0.2) is 16.3 Å². The molecule has 0 radical (unpaired) electrons. The number of aliphatic hydroxyl groups is 2. The van der Waals surface area contributed by atoms with E-state index in [1.807, 2.05) is 0 Å². The quantitative estimate of drug-likeness (QED) is 0.150. The van der Waals surface area contributed by atoms with Crippen molar-refractivity contribution in [2.75, 3.05) is 0 Å². The molecule has 0 aromatic heterocycles. The van der Waals surface area contributed by atoms with Crippen LogP contribution in [0.3, 0.4) is 0 Å². The largest absolute Gasteiger partial charge is 0.390 e. The first kappa shape index (κ1) is 35.6. The summed E-state index contributed by atoms with van der Waals surface area (Å²) < 4.78 is 0. The van der Waals surface area contributed by atoms with Crippen LogP contribution in [0.15, 0.2) is 84.9 Å². The van der Waals surface area contributed by atoms with Crippen molar-refractivity contribution in [2.24, 2.45) is 0 Å². The van der Waals surface area contributed by atoms with Gasteiger partial charge in [0.15, 0.2) is 0 Å². The van der Waals surface area contributed by atoms with Gasteiger partial charge in [-0.15, -0.1) is 0 Å². The van der Waals surface area contributed by atoms with Crippen LogP contribution >= 0.6 is 0 Å². The first-order chi connectivity index (χ1) is 23.9. The molecular weight excluding hydrogens is 597 g/mol. The van der Waals surface area contributed by atoms with Gasteiger partial charge in [0, 0.05) is 0 Å². The van der Waals surface area contributed by atoms with Crippen molar-refractivity contribution >= 4 is 0 Å². The molecule has 0 heterocycles. The average Bonchev–Trinajstić information content (AvgIpc) is 3.16. The van der Waals surface area contributed by atoms with Crippen molar-refractivity contribution in [3.63, 3.8) is 0 Å². The number of benzene rings is 4. The lowest BCUT2D eigenvalue weighted by atomic mass is 9.75. The molecular formula is C47H60O2. The number of unbranched alkanes of at least 4 members (excludes halogenated alkanes) is 2. The third-order valence-corrected chi connectivity index (χ3v) is 11.9. The molecule has 4 aromatic rings. The molecule has 2 aliphatic carbocycles. The Morgan fingerprint density at radius 3 is 1.27 bits per heavy atom. The molecule has 260 valence electrons. The summed E-state index contributed by atoms with van der Waals surface area (Å²) in [7, 11) is 0. The van der Waals surface area contributed by atoms with Crippen LogP contribution in [0.25, 0.3) is 22.3 Å². The van der Waals surface area contributed by atoms with Gasteiger partial charge in [0.05, 0.1) is 6.10 Å². The van der Waals surface area contributed by atoms with Gasteiger partial charge in [-0.25, -0.2) is 0 Å². The van der Waals surface area contributed by atoms with Gasteiger partial charge in [0.1, 0.15) is 5.60 Å². The van der Waals surface area contributed by atoms with Gasteiger partial charge in [-0.1, -0.05) is 150 Å². The molecule has 0 spiro atoms. The standard InChI is InChI=1S/C47H60O2/c1-4-6-14-43-32-41(39-24-20-37(21-25-39)35-16-10-8-11-17-35)28-30-45(43)47(49,34(3)48)46-31-29-42(33-44(46)15-7-5-2)40-26-22-38(23-27-40)36-18-12-9-13-19-36/h20-36,48-49H,4-19H2,1-3H3/t34-/m0/s1. The lowest BCUT2D eigenvalue weighted by molar-refractivity contribution is -0.0405. The lowest BCUT2D eigenvalue weighted by Crippen LogP contribution is -2.40. The molecule has 0 bridgehead atoms. The Hall–Kier alpha value is -3.20. The van der Waals surface area contributed by atoms with E-state index in [-0.39, 0.29) is 0 Å². The Morgan fingerprint density at radius 2 is 0.918 bits per heavy atom. The fourth-order valence-corrected chi connectivity index (χ4v) is 8.80. The fourth-order valence-electron chi connectivity index (χ4n) is 8.80. The number of aliphatic hydroxyl groups excluding tert-OH is 1. The molecule has 2 heteroatoms. The minimum Gasteiger partial charge on any atom is -0.390 e. The SMILES string of the molecule is CCCCc1cc(-c2ccc(C3CCCCC3)cc2)ccc1C(O)(c1ccc(-c2ccc(C3CCCCC3)cc2)cc1CCCC)[C@H](C)O. The molecule has 2 N–H and O–H groups in total. The summed E-state index contributed by atoms with van der Waals surface area (Å²) in [5.41, 5.74) is 10.1. The second kappa shape index (κ2) is 16.7. The summed E-state index contributed by atoms with van der Waals surface area (Å²) in [6, 6.07) is 31.5. The maximum absolute atomic E-state index is 12.8. The summed E-state index contributed by atoms with van der Waals surface area (Å²) in [5, 5.41) is 24.3. The molecule has 2 nitrogen and oxygen atoms in total. The first-order valence-corrected chi connectivity index (χ1v) is 19.8. The van der Waals surface area contributed by atoms with E-state index in [2.05, 4.69) is 98.8 Å². The van der Waals surface area contributed by atoms with Crippen LogP contribution in [0.2, 0.25) is 0 Å². The minimum atomic E-state index is -1.51. The molecule has 1 atom stereocenters. The van der Waals surface area contributed by atoms with Crippen LogP contribution in [0.5, 0.6) is 0 Å². The Morgan fingerprint density at radius 1 is 0.551 bits per heavy atom. The van der Waals surface area contributed by atoms with Gasteiger partial charge in [0.2, 0.25) is 0 Å².